The highest BCUT2D eigenvalue weighted by Gasteiger charge is 2.38. The van der Waals surface area contributed by atoms with E-state index >= 15 is 0 Å². The Bertz CT molecular complexity index is 563. The highest BCUT2D eigenvalue weighted by Crippen LogP contribution is 2.34. The van der Waals surface area contributed by atoms with Gasteiger partial charge in [0.05, 0.1) is 5.56 Å². The molecule has 0 heterocycles. The summed E-state index contributed by atoms with van der Waals surface area (Å²) in [6.45, 7) is 0. The summed E-state index contributed by atoms with van der Waals surface area (Å²) >= 11 is 11.6. The number of halogens is 2. The lowest BCUT2D eigenvalue weighted by Crippen LogP contribution is -2.38. The normalized spacial score (nSPS) is 23.3. The molecular weight excluding hydrogens is 275 g/mol. The molecule has 1 aliphatic carbocycles. The van der Waals surface area contributed by atoms with Crippen molar-refractivity contribution in [1.82, 2.24) is 0 Å². The summed E-state index contributed by atoms with van der Waals surface area (Å²) in [4.78, 5) is 12.2. The number of allylic oxidation sites excluding steroid dienone is 2. The van der Waals surface area contributed by atoms with E-state index in [0.29, 0.717) is 0 Å². The first-order valence-corrected chi connectivity index (χ1v) is 5.97. The summed E-state index contributed by atoms with van der Waals surface area (Å²) in [5, 5.41) is 20.4. The van der Waals surface area contributed by atoms with E-state index in [0.717, 1.165) is 0 Å². The van der Waals surface area contributed by atoms with Gasteiger partial charge in [0, 0.05) is 16.5 Å². The van der Waals surface area contributed by atoms with E-state index in [1.54, 1.807) is 12.1 Å². The number of para-hydroxylation sites is 1. The van der Waals surface area contributed by atoms with Crippen molar-refractivity contribution in [1.29, 1.82) is 0 Å². The van der Waals surface area contributed by atoms with Crippen LogP contribution in [0.3, 0.4) is 0 Å². The molecule has 18 heavy (non-hydrogen) atoms. The summed E-state index contributed by atoms with van der Waals surface area (Å²) in [5.41, 5.74) is -1.78. The minimum atomic E-state index is -1.82. The summed E-state index contributed by atoms with van der Waals surface area (Å²) in [5.74, 6) is -0.823. The summed E-state index contributed by atoms with van der Waals surface area (Å²) in [6.07, 6.45) is 2.64. The van der Waals surface area contributed by atoms with E-state index in [9.17, 15) is 15.0 Å². The molecule has 0 amide bonds. The monoisotopic (exact) mass is 284 g/mol. The third-order valence-corrected chi connectivity index (χ3v) is 3.11. The van der Waals surface area contributed by atoms with Crippen LogP contribution in [0.4, 0.5) is 0 Å². The molecule has 0 spiro atoms. The smallest absolute Gasteiger partial charge is 0.202 e. The van der Waals surface area contributed by atoms with Gasteiger partial charge in [-0.2, -0.15) is 0 Å². The Hall–Kier alpha value is -1.29. The minimum absolute atomic E-state index is 0.0343. The van der Waals surface area contributed by atoms with E-state index in [4.69, 9.17) is 23.2 Å². The number of Topliss-reactive ketones (excluding diaryl/α,β-unsaturated/α-hetero) is 1. The predicted octanol–water partition coefficient (Wildman–Crippen LogP) is 2.96. The van der Waals surface area contributed by atoms with Crippen LogP contribution in [0.5, 0.6) is 5.75 Å². The number of phenolic OH excluding ortho intramolecular Hbond substituents is 1. The van der Waals surface area contributed by atoms with Crippen molar-refractivity contribution in [3.8, 4) is 5.75 Å². The second-order valence-electron chi connectivity index (χ2n) is 4.07. The zero-order valence-electron chi connectivity index (χ0n) is 9.23. The molecule has 94 valence electrons. The largest absolute Gasteiger partial charge is 0.507 e. The maximum Gasteiger partial charge on any atom is 0.202 e. The zero-order chi connectivity index (χ0) is 13.3. The Morgan fingerprint density at radius 2 is 1.94 bits per heavy atom. The summed E-state index contributed by atoms with van der Waals surface area (Å²) < 4.78 is 0. The molecule has 5 heteroatoms. The second kappa shape index (κ2) is 4.76. The van der Waals surface area contributed by atoms with Gasteiger partial charge in [-0.05, 0) is 24.3 Å². The van der Waals surface area contributed by atoms with Crippen LogP contribution in [0, 0.1) is 0 Å². The maximum atomic E-state index is 12.2. The first-order chi connectivity index (χ1) is 8.42. The lowest BCUT2D eigenvalue weighted by Gasteiger charge is -2.26. The van der Waals surface area contributed by atoms with Gasteiger partial charge in [0.25, 0.3) is 0 Å². The summed E-state index contributed by atoms with van der Waals surface area (Å²) in [7, 11) is 0. The van der Waals surface area contributed by atoms with E-state index < -0.39 is 11.4 Å². The van der Waals surface area contributed by atoms with Gasteiger partial charge >= 0.3 is 0 Å². The molecule has 1 unspecified atom stereocenters. The molecule has 0 aromatic heterocycles. The maximum absolute atomic E-state index is 12.2. The molecule has 1 aromatic rings. The molecule has 2 N–H and O–H groups in total. The lowest BCUT2D eigenvalue weighted by atomic mass is 9.86. The number of carbonyl (C=O) groups is 1. The van der Waals surface area contributed by atoms with Crippen LogP contribution < -0.4 is 0 Å². The number of rotatable bonds is 2. The van der Waals surface area contributed by atoms with E-state index in [1.807, 2.05) is 0 Å². The van der Waals surface area contributed by atoms with Gasteiger partial charge in [-0.3, -0.25) is 4.79 Å². The van der Waals surface area contributed by atoms with Crippen LogP contribution in [-0.4, -0.2) is 21.6 Å². The molecule has 1 aromatic carbocycles. The van der Waals surface area contributed by atoms with Crippen molar-refractivity contribution in [3.63, 3.8) is 0 Å². The highest BCUT2D eigenvalue weighted by molar-refractivity contribution is 6.35. The molecule has 2 rings (SSSR count). The molecule has 0 bridgehead atoms. The first-order valence-electron chi connectivity index (χ1n) is 5.22. The summed E-state index contributed by atoms with van der Waals surface area (Å²) in [6, 6.07) is 6.00. The average Bonchev–Trinajstić information content (AvgIpc) is 2.27. The average molecular weight is 285 g/mol. The third-order valence-electron chi connectivity index (χ3n) is 2.65. The topological polar surface area (TPSA) is 57.5 Å². The second-order valence-corrected chi connectivity index (χ2v) is 4.99. The van der Waals surface area contributed by atoms with Crippen molar-refractivity contribution in [3.05, 3.63) is 52.0 Å². The lowest BCUT2D eigenvalue weighted by molar-refractivity contribution is 0.0526. The van der Waals surface area contributed by atoms with Crippen LogP contribution >= 0.6 is 23.2 Å². The molecule has 0 radical (unpaired) electrons. The van der Waals surface area contributed by atoms with Crippen LogP contribution in [-0.2, 0) is 0 Å². The highest BCUT2D eigenvalue weighted by atomic mass is 35.5. The van der Waals surface area contributed by atoms with Gasteiger partial charge in [-0.15, -0.1) is 0 Å². The van der Waals surface area contributed by atoms with Crippen molar-refractivity contribution in [2.75, 3.05) is 0 Å². The van der Waals surface area contributed by atoms with Crippen LogP contribution in [0.25, 0.3) is 0 Å². The van der Waals surface area contributed by atoms with Crippen molar-refractivity contribution in [2.24, 2.45) is 0 Å². The molecule has 0 saturated carbocycles. The number of phenols is 1. The molecule has 1 aliphatic rings. The zero-order valence-corrected chi connectivity index (χ0v) is 10.7. The number of hydrogen-bond acceptors (Lipinski definition) is 3. The van der Waals surface area contributed by atoms with Gasteiger partial charge in [0.1, 0.15) is 5.75 Å². The van der Waals surface area contributed by atoms with Crippen molar-refractivity contribution >= 4 is 29.0 Å². The number of aromatic hydroxyl groups is 1. The van der Waals surface area contributed by atoms with E-state index in [-0.39, 0.29) is 27.8 Å². The Kier molecular flexibility index (Phi) is 3.48. The Balaban J connectivity index is 2.41. The number of carbonyl (C=O) groups excluding carboxylic acids is 1. The number of hydrogen-bond donors (Lipinski definition) is 2. The Morgan fingerprint density at radius 1 is 1.28 bits per heavy atom. The van der Waals surface area contributed by atoms with Gasteiger partial charge < -0.3 is 10.2 Å². The molecule has 1 atom stereocenters. The van der Waals surface area contributed by atoms with Gasteiger partial charge in [-0.1, -0.05) is 35.3 Å². The number of aliphatic hydroxyl groups is 1. The van der Waals surface area contributed by atoms with Crippen LogP contribution in [0.2, 0.25) is 0 Å². The predicted molar refractivity (Wildman–Crippen MR) is 69.9 cm³/mol. The molecule has 0 aliphatic heterocycles. The van der Waals surface area contributed by atoms with Crippen molar-refractivity contribution < 1.29 is 15.0 Å². The molecule has 3 nitrogen and oxygen atoms in total. The minimum Gasteiger partial charge on any atom is -0.507 e. The number of ketones is 1. The third kappa shape index (κ3) is 2.43. The van der Waals surface area contributed by atoms with Crippen molar-refractivity contribution in [2.45, 2.75) is 12.0 Å². The fraction of sp³-hybridized carbons (Fsp3) is 0.154. The molecule has 0 saturated heterocycles. The van der Waals surface area contributed by atoms with E-state index in [1.165, 1.54) is 24.3 Å². The Labute approximate surface area is 114 Å². The fourth-order valence-corrected chi connectivity index (χ4v) is 2.51. The first kappa shape index (κ1) is 13.1. The number of benzene rings is 1. The van der Waals surface area contributed by atoms with Gasteiger partial charge in [-0.25, -0.2) is 0 Å². The SMILES string of the molecule is O=C(c1ccccc1O)C1(O)C=C(Cl)C=C(Cl)C1. The molecule has 0 fully saturated rings. The fourth-order valence-electron chi connectivity index (χ4n) is 1.82. The van der Waals surface area contributed by atoms with Gasteiger partial charge in [0.15, 0.2) is 5.60 Å². The van der Waals surface area contributed by atoms with Gasteiger partial charge in [0.2, 0.25) is 5.78 Å². The molecular formula is C13H10Cl2O3. The standard InChI is InChI=1S/C13H10Cl2O3/c14-8-5-9(15)7-13(18,6-8)12(17)10-3-1-2-4-11(10)16/h1-6,16,18H,7H2. The van der Waals surface area contributed by atoms with E-state index in [2.05, 4.69) is 0 Å². The van der Waals surface area contributed by atoms with Crippen LogP contribution in [0.1, 0.15) is 16.8 Å². The Morgan fingerprint density at radius 3 is 2.56 bits per heavy atom. The quantitative estimate of drug-likeness (QED) is 0.821. The van der Waals surface area contributed by atoms with Crippen LogP contribution in [0.15, 0.2) is 46.5 Å².